The zero-order chi connectivity index (χ0) is 31.0. The second kappa shape index (κ2) is 11.1. The molecule has 23 heteroatoms. The average molecular weight is 691 g/mol. The third-order valence-corrected chi connectivity index (χ3v) is 10.8. The zero-order valence-electron chi connectivity index (χ0n) is 22.5. The molecule has 236 valence electrons. The van der Waals surface area contributed by atoms with Gasteiger partial charge < -0.3 is 20.9 Å². The van der Waals surface area contributed by atoms with Crippen LogP contribution in [0.3, 0.4) is 0 Å². The van der Waals surface area contributed by atoms with Crippen molar-refractivity contribution in [1.29, 1.82) is 0 Å². The summed E-state index contributed by atoms with van der Waals surface area (Å²) in [6, 6.07) is 0. The lowest BCUT2D eigenvalue weighted by Gasteiger charge is -2.28. The first kappa shape index (κ1) is 30.2. The van der Waals surface area contributed by atoms with Gasteiger partial charge in [0.05, 0.1) is 25.9 Å². The van der Waals surface area contributed by atoms with Crippen LogP contribution in [0.25, 0.3) is 22.3 Å². The Bertz CT molecular complexity index is 1710. The summed E-state index contributed by atoms with van der Waals surface area (Å²) in [6.07, 6.45) is -3.66. The van der Waals surface area contributed by atoms with Crippen LogP contribution in [0.15, 0.2) is 25.3 Å². The SMILES string of the molecule is C[C@@H]1[C@@H]2O[P@@](=O)(S)OC[C@H]3O[C@@H](n4cnc5c(N)ncnc54)[C@H](F)[C@@H]3O[P@](=O)(S)OC[C@H]2O[C@H]1n1cnc2c(N)ncnc21. The molecule has 0 amide bonds. The number of fused-ring (bicyclic) bond motifs is 4. The van der Waals surface area contributed by atoms with Crippen LogP contribution < -0.4 is 11.5 Å². The minimum Gasteiger partial charge on any atom is -0.382 e. The minimum absolute atomic E-state index is 0.0810. The number of thiol groups is 2. The van der Waals surface area contributed by atoms with Crippen molar-refractivity contribution in [3.8, 4) is 0 Å². The summed E-state index contributed by atoms with van der Waals surface area (Å²) in [4.78, 5) is 24.6. The van der Waals surface area contributed by atoms with E-state index < -0.39 is 75.8 Å². The van der Waals surface area contributed by atoms with Gasteiger partial charge in [0.25, 0.3) is 0 Å². The highest BCUT2D eigenvalue weighted by Crippen LogP contribution is 2.61. The van der Waals surface area contributed by atoms with Gasteiger partial charge in [-0.05, 0) is 0 Å². The number of hydrogen-bond acceptors (Lipinski definition) is 16. The zero-order valence-corrected chi connectivity index (χ0v) is 26.1. The van der Waals surface area contributed by atoms with Crippen LogP contribution in [0.4, 0.5) is 16.0 Å². The number of nitrogens with zero attached hydrogens (tertiary/aromatic N) is 8. The lowest BCUT2D eigenvalue weighted by Crippen LogP contribution is -2.36. The molecular formula is C21H25FN10O8P2S2. The lowest BCUT2D eigenvalue weighted by atomic mass is 10.0. The van der Waals surface area contributed by atoms with Crippen LogP contribution in [0, 0.1) is 5.92 Å². The van der Waals surface area contributed by atoms with Gasteiger partial charge in [0.1, 0.15) is 54.3 Å². The van der Waals surface area contributed by atoms with E-state index in [2.05, 4.69) is 54.4 Å². The van der Waals surface area contributed by atoms with Gasteiger partial charge in [0.15, 0.2) is 35.3 Å². The average Bonchev–Trinajstić information content (AvgIpc) is 3.73. The molecule has 4 N–H and O–H groups in total. The molecule has 7 heterocycles. The standard InChI is InChI=1S/C21H25FN10O8P2S2/c1-8-14-9(37-20(8)31-6-29-12-16(23)25-4-27-18(12)31)2-35-42(34,44)40-15-10(3-36-41(33,43)39-14)38-21(11(15)22)32-7-30-13-17(24)26-5-28-19(13)32/h4-11,14-15,20-21H,2-3H2,1H3,(H,33,43)(H,34,44)(H2,23,25,27)(H2,24,26,28)/t8-,9-,10-,11-,14+,15-,20-,21-,41+,42-/m1/s1. The van der Waals surface area contributed by atoms with Crippen molar-refractivity contribution in [1.82, 2.24) is 39.0 Å². The summed E-state index contributed by atoms with van der Waals surface area (Å²) < 4.78 is 80.5. The van der Waals surface area contributed by atoms with E-state index in [0.29, 0.717) is 11.2 Å². The summed E-state index contributed by atoms with van der Waals surface area (Å²) in [5, 5.41) is 0. The molecule has 10 atom stereocenters. The van der Waals surface area contributed by atoms with Gasteiger partial charge in [0, 0.05) is 5.92 Å². The Morgan fingerprint density at radius 3 is 1.84 bits per heavy atom. The number of anilines is 2. The highest BCUT2D eigenvalue weighted by atomic mass is 32.7. The fraction of sp³-hybridized carbons (Fsp3) is 0.524. The number of imidazole rings is 2. The van der Waals surface area contributed by atoms with Crippen LogP contribution in [-0.2, 0) is 36.7 Å². The molecule has 0 bridgehead atoms. The van der Waals surface area contributed by atoms with Crippen molar-refractivity contribution in [2.24, 2.45) is 5.92 Å². The molecular weight excluding hydrogens is 665 g/mol. The number of aromatic nitrogens is 8. The Labute approximate surface area is 257 Å². The highest BCUT2D eigenvalue weighted by Gasteiger charge is 2.53. The Kier molecular flexibility index (Phi) is 7.63. The molecule has 0 unspecified atom stereocenters. The van der Waals surface area contributed by atoms with Crippen LogP contribution in [0.5, 0.6) is 0 Å². The molecule has 18 nitrogen and oxygen atoms in total. The van der Waals surface area contributed by atoms with E-state index >= 15 is 4.39 Å². The molecule has 4 aromatic heterocycles. The van der Waals surface area contributed by atoms with Crippen LogP contribution >= 0.6 is 38.1 Å². The van der Waals surface area contributed by atoms with Crippen molar-refractivity contribution >= 4 is 72.1 Å². The summed E-state index contributed by atoms with van der Waals surface area (Å²) in [5.41, 5.74) is 12.9. The van der Waals surface area contributed by atoms with Crippen LogP contribution in [-0.4, -0.2) is 82.8 Å². The highest BCUT2D eigenvalue weighted by molar-refractivity contribution is 8.44. The smallest absolute Gasteiger partial charge is 0.382 e. The topological polar surface area (TPSA) is 229 Å². The second-order valence-corrected chi connectivity index (χ2v) is 16.0. The number of ether oxygens (including phenoxy) is 2. The van der Waals surface area contributed by atoms with Gasteiger partial charge in [-0.2, -0.15) is 0 Å². The Morgan fingerprint density at radius 2 is 1.27 bits per heavy atom. The number of nitrogen functional groups attached to an aromatic ring is 2. The number of alkyl halides is 1. The summed E-state index contributed by atoms with van der Waals surface area (Å²) in [6.45, 7) is -7.58. The quantitative estimate of drug-likeness (QED) is 0.175. The fourth-order valence-corrected chi connectivity index (χ4v) is 8.53. The van der Waals surface area contributed by atoms with Crippen LogP contribution in [0.2, 0.25) is 0 Å². The largest absolute Gasteiger partial charge is 0.386 e. The maximum Gasteiger partial charge on any atom is 0.386 e. The molecule has 7 rings (SSSR count). The predicted octanol–water partition coefficient (Wildman–Crippen LogP) is 2.49. The molecule has 0 saturated carbocycles. The molecule has 4 aromatic rings. The summed E-state index contributed by atoms with van der Waals surface area (Å²) in [5.74, 6) is -0.271. The Balaban J connectivity index is 1.17. The first-order valence-electron chi connectivity index (χ1n) is 13.0. The molecule has 0 aliphatic carbocycles. The summed E-state index contributed by atoms with van der Waals surface area (Å²) >= 11 is 8.25. The van der Waals surface area contributed by atoms with Crippen LogP contribution in [0.1, 0.15) is 19.4 Å². The van der Waals surface area contributed by atoms with Crippen molar-refractivity contribution in [3.63, 3.8) is 0 Å². The number of nitrogens with two attached hydrogens (primary N) is 2. The van der Waals surface area contributed by atoms with Crippen molar-refractivity contribution in [3.05, 3.63) is 25.3 Å². The van der Waals surface area contributed by atoms with Crippen molar-refractivity contribution < 1.29 is 41.1 Å². The lowest BCUT2D eigenvalue weighted by molar-refractivity contribution is -0.0542. The number of halogens is 1. The van der Waals surface area contributed by atoms with Crippen molar-refractivity contribution in [2.45, 2.75) is 50.0 Å². The van der Waals surface area contributed by atoms with E-state index in [1.807, 2.05) is 0 Å². The third kappa shape index (κ3) is 5.28. The number of rotatable bonds is 2. The van der Waals surface area contributed by atoms with Gasteiger partial charge in [-0.25, -0.2) is 43.4 Å². The second-order valence-electron chi connectivity index (χ2n) is 10.3. The Hall–Kier alpha value is -2.45. The van der Waals surface area contributed by atoms with E-state index in [9.17, 15) is 9.13 Å². The molecule has 3 aliphatic rings. The molecule has 3 fully saturated rings. The summed E-state index contributed by atoms with van der Waals surface area (Å²) in [7, 11) is 0. The minimum atomic E-state index is -4.26. The molecule has 44 heavy (non-hydrogen) atoms. The molecule has 0 radical (unpaired) electrons. The number of hydrogen-bond donors (Lipinski definition) is 4. The third-order valence-electron chi connectivity index (χ3n) is 7.55. The van der Waals surface area contributed by atoms with E-state index in [1.165, 1.54) is 29.9 Å². The maximum atomic E-state index is 16.0. The molecule has 3 aliphatic heterocycles. The first-order valence-corrected chi connectivity index (χ1v) is 18.4. The monoisotopic (exact) mass is 690 g/mol. The molecule has 3 saturated heterocycles. The Morgan fingerprint density at radius 1 is 0.795 bits per heavy atom. The van der Waals surface area contributed by atoms with Gasteiger partial charge >= 0.3 is 13.6 Å². The van der Waals surface area contributed by atoms with E-state index in [1.54, 1.807) is 11.5 Å². The van der Waals surface area contributed by atoms with Gasteiger partial charge in [-0.15, -0.1) is 0 Å². The van der Waals surface area contributed by atoms with Gasteiger partial charge in [-0.1, -0.05) is 31.4 Å². The van der Waals surface area contributed by atoms with Gasteiger partial charge in [-0.3, -0.25) is 27.2 Å². The normalized spacial score (nSPS) is 38.3. The molecule has 0 spiro atoms. The first-order chi connectivity index (χ1) is 20.9. The fourth-order valence-electron chi connectivity index (χ4n) is 5.49. The van der Waals surface area contributed by atoms with Crippen molar-refractivity contribution in [2.75, 3.05) is 24.7 Å². The van der Waals surface area contributed by atoms with E-state index in [0.717, 1.165) is 0 Å². The maximum absolute atomic E-state index is 16.0. The predicted molar refractivity (Wildman–Crippen MR) is 156 cm³/mol. The van der Waals surface area contributed by atoms with E-state index in [-0.39, 0.29) is 22.8 Å². The van der Waals surface area contributed by atoms with Gasteiger partial charge in [0.2, 0.25) is 0 Å². The molecule has 0 aromatic carbocycles. The van der Waals surface area contributed by atoms with E-state index in [4.69, 9.17) is 39.0 Å².